The van der Waals surface area contributed by atoms with E-state index in [1.807, 2.05) is 31.2 Å². The number of hydrogen-bond acceptors (Lipinski definition) is 3. The van der Waals surface area contributed by atoms with Gasteiger partial charge in [-0.1, -0.05) is 12.1 Å². The molecule has 0 aliphatic heterocycles. The Morgan fingerprint density at radius 1 is 1.33 bits per heavy atom. The zero-order valence-corrected chi connectivity index (χ0v) is 13.1. The third kappa shape index (κ3) is 2.85. The van der Waals surface area contributed by atoms with Crippen molar-refractivity contribution >= 4 is 32.9 Å². The minimum absolute atomic E-state index is 0.220. The number of aryl methyl sites for hydroxylation is 1. The lowest BCUT2D eigenvalue weighted by Crippen LogP contribution is -2.27. The number of halogens is 1. The van der Waals surface area contributed by atoms with Gasteiger partial charge >= 0.3 is 0 Å². The maximum atomic E-state index is 11.9. The van der Waals surface area contributed by atoms with E-state index in [2.05, 4.69) is 30.8 Å². The van der Waals surface area contributed by atoms with E-state index in [0.717, 1.165) is 16.9 Å². The quantitative estimate of drug-likeness (QED) is 0.788. The Hall–Kier alpha value is -2.08. The minimum atomic E-state index is -0.220. The minimum Gasteiger partial charge on any atom is -0.444 e. The van der Waals surface area contributed by atoms with Crippen molar-refractivity contribution in [1.29, 1.82) is 0 Å². The summed E-state index contributed by atoms with van der Waals surface area (Å²) in [6, 6.07) is 11.3. The van der Waals surface area contributed by atoms with E-state index < -0.39 is 0 Å². The summed E-state index contributed by atoms with van der Waals surface area (Å²) in [6.07, 6.45) is 0. The number of imidazole rings is 1. The van der Waals surface area contributed by atoms with Crippen molar-refractivity contribution in [1.82, 2.24) is 14.9 Å². The van der Waals surface area contributed by atoms with Gasteiger partial charge in [0.15, 0.2) is 10.4 Å². The molecule has 0 atom stereocenters. The Bertz CT molecular complexity index is 791. The molecule has 0 saturated carbocycles. The van der Waals surface area contributed by atoms with E-state index >= 15 is 0 Å². The van der Waals surface area contributed by atoms with Gasteiger partial charge in [0.05, 0.1) is 11.0 Å². The first-order valence-corrected chi connectivity index (χ1v) is 7.40. The van der Waals surface area contributed by atoms with Gasteiger partial charge < -0.3 is 14.3 Å². The second kappa shape index (κ2) is 5.73. The fraction of sp³-hybridized carbons (Fsp3) is 0.200. The van der Waals surface area contributed by atoms with Crippen LogP contribution in [-0.4, -0.2) is 22.0 Å². The predicted octanol–water partition coefficient (Wildman–Crippen LogP) is 3.13. The SMILES string of the molecule is Cc1nc2ccccc2n1CCNC(=O)c1ccc(Br)o1. The molecule has 3 aromatic rings. The molecule has 2 aromatic heterocycles. The third-order valence-electron chi connectivity index (χ3n) is 3.26. The van der Waals surface area contributed by atoms with Crippen LogP contribution in [-0.2, 0) is 6.54 Å². The lowest BCUT2D eigenvalue weighted by atomic mass is 10.3. The van der Waals surface area contributed by atoms with Gasteiger partial charge in [-0.2, -0.15) is 0 Å². The zero-order valence-electron chi connectivity index (χ0n) is 11.5. The van der Waals surface area contributed by atoms with Crippen molar-refractivity contribution in [2.45, 2.75) is 13.5 Å². The molecular formula is C15H14BrN3O2. The number of nitrogens with one attached hydrogen (secondary N) is 1. The number of carbonyl (C=O) groups is 1. The average Bonchev–Trinajstić information content (AvgIpc) is 3.03. The van der Waals surface area contributed by atoms with Crippen LogP contribution in [0.3, 0.4) is 0 Å². The van der Waals surface area contributed by atoms with E-state index in [0.29, 0.717) is 23.5 Å². The summed E-state index contributed by atoms with van der Waals surface area (Å²) in [5, 5.41) is 2.84. The molecule has 0 bridgehead atoms. The summed E-state index contributed by atoms with van der Waals surface area (Å²) >= 11 is 3.18. The van der Waals surface area contributed by atoms with Crippen LogP contribution in [0.15, 0.2) is 45.5 Å². The number of fused-ring (bicyclic) bond motifs is 1. The molecule has 0 spiro atoms. The van der Waals surface area contributed by atoms with Crippen molar-refractivity contribution < 1.29 is 9.21 Å². The van der Waals surface area contributed by atoms with Crippen molar-refractivity contribution in [3.8, 4) is 0 Å². The number of benzene rings is 1. The largest absolute Gasteiger partial charge is 0.444 e. The van der Waals surface area contributed by atoms with Gasteiger partial charge in [0.2, 0.25) is 0 Å². The standard InChI is InChI=1S/C15H14BrN3O2/c1-10-18-11-4-2-3-5-12(11)19(10)9-8-17-15(20)13-6-7-14(16)21-13/h2-7H,8-9H2,1H3,(H,17,20). The van der Waals surface area contributed by atoms with Crippen LogP contribution < -0.4 is 5.32 Å². The van der Waals surface area contributed by atoms with Crippen LogP contribution in [0.2, 0.25) is 0 Å². The molecule has 6 heteroatoms. The molecule has 0 fully saturated rings. The molecule has 0 unspecified atom stereocenters. The Kier molecular flexibility index (Phi) is 3.79. The Morgan fingerprint density at radius 3 is 2.90 bits per heavy atom. The molecule has 1 amide bonds. The van der Waals surface area contributed by atoms with Crippen molar-refractivity contribution in [2.75, 3.05) is 6.54 Å². The van der Waals surface area contributed by atoms with Crippen LogP contribution >= 0.6 is 15.9 Å². The fourth-order valence-corrected chi connectivity index (χ4v) is 2.59. The fourth-order valence-electron chi connectivity index (χ4n) is 2.28. The summed E-state index contributed by atoms with van der Waals surface area (Å²) in [4.78, 5) is 16.4. The molecule has 1 aromatic carbocycles. The van der Waals surface area contributed by atoms with E-state index in [1.165, 1.54) is 0 Å². The molecular weight excluding hydrogens is 334 g/mol. The molecule has 0 radical (unpaired) electrons. The van der Waals surface area contributed by atoms with Crippen LogP contribution in [0.4, 0.5) is 0 Å². The van der Waals surface area contributed by atoms with E-state index in [-0.39, 0.29) is 5.91 Å². The van der Waals surface area contributed by atoms with Crippen molar-refractivity contribution in [3.05, 3.63) is 52.7 Å². The smallest absolute Gasteiger partial charge is 0.287 e. The number of aromatic nitrogens is 2. The molecule has 21 heavy (non-hydrogen) atoms. The van der Waals surface area contributed by atoms with Crippen molar-refractivity contribution in [2.24, 2.45) is 0 Å². The topological polar surface area (TPSA) is 60.1 Å². The molecule has 3 rings (SSSR count). The number of hydrogen-bond donors (Lipinski definition) is 1. The van der Waals surface area contributed by atoms with Crippen LogP contribution in [0.1, 0.15) is 16.4 Å². The second-order valence-electron chi connectivity index (χ2n) is 4.66. The number of carbonyl (C=O) groups excluding carboxylic acids is 1. The molecule has 2 heterocycles. The highest BCUT2D eigenvalue weighted by atomic mass is 79.9. The van der Waals surface area contributed by atoms with Crippen molar-refractivity contribution in [3.63, 3.8) is 0 Å². The lowest BCUT2D eigenvalue weighted by Gasteiger charge is -2.07. The summed E-state index contributed by atoms with van der Waals surface area (Å²) in [5.74, 6) is 1.02. The highest BCUT2D eigenvalue weighted by Crippen LogP contribution is 2.15. The average molecular weight is 348 g/mol. The summed E-state index contributed by atoms with van der Waals surface area (Å²) in [7, 11) is 0. The maximum absolute atomic E-state index is 11.9. The first kappa shape index (κ1) is 13.9. The van der Waals surface area contributed by atoms with Gasteiger partial charge in [-0.3, -0.25) is 4.79 Å². The highest BCUT2D eigenvalue weighted by molar-refractivity contribution is 9.10. The van der Waals surface area contributed by atoms with E-state index in [9.17, 15) is 4.79 Å². The molecule has 0 saturated heterocycles. The summed E-state index contributed by atoms with van der Waals surface area (Å²) in [6.45, 7) is 3.14. The van der Waals surface area contributed by atoms with Gasteiger partial charge in [-0.25, -0.2) is 4.98 Å². The number of rotatable bonds is 4. The zero-order chi connectivity index (χ0) is 14.8. The first-order valence-electron chi connectivity index (χ1n) is 6.60. The first-order chi connectivity index (χ1) is 10.1. The molecule has 1 N–H and O–H groups in total. The summed E-state index contributed by atoms with van der Waals surface area (Å²) in [5.41, 5.74) is 2.04. The normalized spacial score (nSPS) is 11.0. The molecule has 5 nitrogen and oxygen atoms in total. The Balaban J connectivity index is 1.67. The van der Waals surface area contributed by atoms with Gasteiger partial charge in [0.25, 0.3) is 5.91 Å². The predicted molar refractivity (Wildman–Crippen MR) is 83.2 cm³/mol. The molecule has 0 aliphatic rings. The van der Waals surface area contributed by atoms with Gasteiger partial charge in [0, 0.05) is 13.1 Å². The number of furan rings is 1. The number of amides is 1. The van der Waals surface area contributed by atoms with Gasteiger partial charge in [-0.05, 0) is 47.1 Å². The molecule has 0 aliphatic carbocycles. The lowest BCUT2D eigenvalue weighted by molar-refractivity contribution is 0.0923. The summed E-state index contributed by atoms with van der Waals surface area (Å²) < 4.78 is 7.85. The van der Waals surface area contributed by atoms with Crippen LogP contribution in [0, 0.1) is 6.92 Å². The highest BCUT2D eigenvalue weighted by Gasteiger charge is 2.11. The number of nitrogens with zero attached hydrogens (tertiary/aromatic N) is 2. The van der Waals surface area contributed by atoms with E-state index in [4.69, 9.17) is 4.42 Å². The van der Waals surface area contributed by atoms with Crippen LogP contribution in [0.5, 0.6) is 0 Å². The van der Waals surface area contributed by atoms with Gasteiger partial charge in [-0.15, -0.1) is 0 Å². The van der Waals surface area contributed by atoms with Crippen LogP contribution in [0.25, 0.3) is 11.0 Å². The maximum Gasteiger partial charge on any atom is 0.287 e. The Morgan fingerprint density at radius 2 is 2.14 bits per heavy atom. The third-order valence-corrected chi connectivity index (χ3v) is 3.69. The second-order valence-corrected chi connectivity index (χ2v) is 5.44. The Labute approximate surface area is 130 Å². The number of para-hydroxylation sites is 2. The van der Waals surface area contributed by atoms with Gasteiger partial charge in [0.1, 0.15) is 5.82 Å². The monoisotopic (exact) mass is 347 g/mol. The molecule has 108 valence electrons. The van der Waals surface area contributed by atoms with E-state index in [1.54, 1.807) is 12.1 Å².